The monoisotopic (exact) mass is 452 g/mol. The topological polar surface area (TPSA) is 67.9 Å². The fourth-order valence-corrected chi connectivity index (χ4v) is 4.21. The largest absolute Gasteiger partial charge is 0.497 e. The van der Waals surface area contributed by atoms with Crippen LogP contribution in [0.4, 0.5) is 0 Å². The van der Waals surface area contributed by atoms with Gasteiger partial charge in [-0.05, 0) is 62.9 Å². The summed E-state index contributed by atoms with van der Waals surface area (Å²) in [5, 5.41) is 3.14. The smallest absolute Gasteiger partial charge is 0.242 e. The highest BCUT2D eigenvalue weighted by atomic mass is 16.5. The van der Waals surface area contributed by atoms with Crippen molar-refractivity contribution < 1.29 is 19.1 Å². The van der Waals surface area contributed by atoms with Gasteiger partial charge >= 0.3 is 0 Å². The predicted molar refractivity (Wildman–Crippen MR) is 129 cm³/mol. The molecule has 1 unspecified atom stereocenters. The van der Waals surface area contributed by atoms with Gasteiger partial charge in [-0.2, -0.15) is 0 Å². The summed E-state index contributed by atoms with van der Waals surface area (Å²) in [7, 11) is 1.62. The normalized spacial score (nSPS) is 14.5. The molecule has 178 valence electrons. The number of hydrogen-bond donors (Lipinski definition) is 1. The van der Waals surface area contributed by atoms with Gasteiger partial charge in [-0.1, -0.05) is 42.7 Å². The molecule has 0 spiro atoms. The predicted octanol–water partition coefficient (Wildman–Crippen LogP) is 4.64. The average molecular weight is 453 g/mol. The van der Waals surface area contributed by atoms with E-state index in [2.05, 4.69) is 11.4 Å². The standard InChI is InChI=1S/C27H36N2O4/c1-20-8-6-9-22(18-20)19-29(21(2)27(31)28-23-10-4-5-11-23)26(30)12-7-17-33-25-15-13-24(32-3)14-16-25/h6,8-9,13-16,18,21,23H,4-5,7,10-12,17,19H2,1-3H3,(H,28,31). The minimum absolute atomic E-state index is 0.0380. The maximum absolute atomic E-state index is 13.2. The molecular formula is C27H36N2O4. The second kappa shape index (κ2) is 12.3. The van der Waals surface area contributed by atoms with Crippen LogP contribution < -0.4 is 14.8 Å². The summed E-state index contributed by atoms with van der Waals surface area (Å²) in [6.45, 7) is 4.70. The zero-order valence-corrected chi connectivity index (χ0v) is 20.0. The molecule has 2 aromatic rings. The summed E-state index contributed by atoms with van der Waals surface area (Å²) in [5.74, 6) is 1.40. The Hall–Kier alpha value is -3.02. The molecule has 0 heterocycles. The molecule has 2 aromatic carbocycles. The number of nitrogens with zero attached hydrogens (tertiary/aromatic N) is 1. The molecule has 1 fully saturated rings. The van der Waals surface area contributed by atoms with Gasteiger partial charge in [0.05, 0.1) is 13.7 Å². The molecular weight excluding hydrogens is 416 g/mol. The number of rotatable bonds is 11. The third kappa shape index (κ3) is 7.52. The molecule has 0 aromatic heterocycles. The Bertz CT molecular complexity index is 907. The maximum Gasteiger partial charge on any atom is 0.242 e. The SMILES string of the molecule is COc1ccc(OCCCC(=O)N(Cc2cccc(C)c2)C(C)C(=O)NC2CCCC2)cc1. The second-order valence-corrected chi connectivity index (χ2v) is 8.80. The molecule has 0 saturated heterocycles. The fourth-order valence-electron chi connectivity index (χ4n) is 4.21. The summed E-state index contributed by atoms with van der Waals surface area (Å²) in [5.41, 5.74) is 2.16. The van der Waals surface area contributed by atoms with Gasteiger partial charge in [-0.15, -0.1) is 0 Å². The van der Waals surface area contributed by atoms with E-state index in [4.69, 9.17) is 9.47 Å². The molecule has 0 bridgehead atoms. The summed E-state index contributed by atoms with van der Waals surface area (Å²) in [6, 6.07) is 15.2. The Labute approximate surface area is 197 Å². The Balaban J connectivity index is 1.58. The van der Waals surface area contributed by atoms with Gasteiger partial charge in [0.1, 0.15) is 17.5 Å². The van der Waals surface area contributed by atoms with Crippen molar-refractivity contribution in [3.05, 3.63) is 59.7 Å². The van der Waals surface area contributed by atoms with E-state index < -0.39 is 6.04 Å². The van der Waals surface area contributed by atoms with Gasteiger partial charge in [0.2, 0.25) is 11.8 Å². The number of aryl methyl sites for hydroxylation is 1. The van der Waals surface area contributed by atoms with Crippen molar-refractivity contribution in [2.45, 2.75) is 71.0 Å². The summed E-state index contributed by atoms with van der Waals surface area (Å²) < 4.78 is 10.9. The van der Waals surface area contributed by atoms with E-state index >= 15 is 0 Å². The van der Waals surface area contributed by atoms with Crippen LogP contribution in [0.2, 0.25) is 0 Å². The van der Waals surface area contributed by atoms with Crippen molar-refractivity contribution in [2.24, 2.45) is 0 Å². The van der Waals surface area contributed by atoms with Gasteiger partial charge in [0, 0.05) is 19.0 Å². The van der Waals surface area contributed by atoms with Crippen molar-refractivity contribution in [2.75, 3.05) is 13.7 Å². The van der Waals surface area contributed by atoms with Crippen LogP contribution in [0.3, 0.4) is 0 Å². The zero-order valence-electron chi connectivity index (χ0n) is 20.0. The number of ether oxygens (including phenoxy) is 2. The first-order valence-electron chi connectivity index (χ1n) is 11.9. The molecule has 33 heavy (non-hydrogen) atoms. The van der Waals surface area contributed by atoms with Crippen molar-refractivity contribution in [1.82, 2.24) is 10.2 Å². The van der Waals surface area contributed by atoms with Crippen LogP contribution in [0.15, 0.2) is 48.5 Å². The van der Waals surface area contributed by atoms with Gasteiger partial charge in [-0.25, -0.2) is 0 Å². The number of carbonyl (C=O) groups is 2. The van der Waals surface area contributed by atoms with E-state index in [-0.39, 0.29) is 17.9 Å². The molecule has 6 nitrogen and oxygen atoms in total. The first-order chi connectivity index (χ1) is 16.0. The molecule has 1 saturated carbocycles. The Morgan fingerprint density at radius 1 is 1.09 bits per heavy atom. The van der Waals surface area contributed by atoms with Crippen LogP contribution in [0, 0.1) is 6.92 Å². The number of amides is 2. The molecule has 2 amide bonds. The number of hydrogen-bond acceptors (Lipinski definition) is 4. The van der Waals surface area contributed by atoms with E-state index in [1.165, 1.54) is 0 Å². The Kier molecular flexibility index (Phi) is 9.16. The molecule has 1 atom stereocenters. The third-order valence-corrected chi connectivity index (χ3v) is 6.17. The molecule has 0 aliphatic heterocycles. The minimum atomic E-state index is -0.527. The highest BCUT2D eigenvalue weighted by Gasteiger charge is 2.28. The third-order valence-electron chi connectivity index (χ3n) is 6.17. The van der Waals surface area contributed by atoms with Crippen molar-refractivity contribution in [3.63, 3.8) is 0 Å². The van der Waals surface area contributed by atoms with Crippen LogP contribution >= 0.6 is 0 Å². The lowest BCUT2D eigenvalue weighted by Gasteiger charge is -2.30. The Morgan fingerprint density at radius 3 is 2.45 bits per heavy atom. The average Bonchev–Trinajstić information content (AvgIpc) is 3.33. The van der Waals surface area contributed by atoms with E-state index in [1.54, 1.807) is 12.0 Å². The number of benzene rings is 2. The first kappa shape index (κ1) is 24.6. The van der Waals surface area contributed by atoms with Crippen molar-refractivity contribution in [3.8, 4) is 11.5 Å². The molecule has 3 rings (SSSR count). The van der Waals surface area contributed by atoms with Gasteiger partial charge in [0.15, 0.2) is 0 Å². The van der Waals surface area contributed by atoms with Crippen LogP contribution in [0.5, 0.6) is 11.5 Å². The van der Waals surface area contributed by atoms with Gasteiger partial charge in [0.25, 0.3) is 0 Å². The second-order valence-electron chi connectivity index (χ2n) is 8.80. The summed E-state index contributed by atoms with van der Waals surface area (Å²) >= 11 is 0. The van der Waals surface area contributed by atoms with Crippen LogP contribution in [-0.2, 0) is 16.1 Å². The minimum Gasteiger partial charge on any atom is -0.497 e. The highest BCUT2D eigenvalue weighted by Crippen LogP contribution is 2.20. The zero-order chi connectivity index (χ0) is 23.6. The summed E-state index contributed by atoms with van der Waals surface area (Å²) in [4.78, 5) is 27.8. The summed E-state index contributed by atoms with van der Waals surface area (Å²) in [6.07, 6.45) is 5.24. The van der Waals surface area contributed by atoms with Crippen molar-refractivity contribution >= 4 is 11.8 Å². The van der Waals surface area contributed by atoms with Crippen LogP contribution in [0.25, 0.3) is 0 Å². The molecule has 0 radical (unpaired) electrons. The lowest BCUT2D eigenvalue weighted by atomic mass is 10.1. The quantitative estimate of drug-likeness (QED) is 0.505. The van der Waals surface area contributed by atoms with E-state index in [0.29, 0.717) is 26.0 Å². The van der Waals surface area contributed by atoms with Crippen molar-refractivity contribution in [1.29, 1.82) is 0 Å². The van der Waals surface area contributed by atoms with E-state index in [9.17, 15) is 9.59 Å². The van der Waals surface area contributed by atoms with Gasteiger partial charge < -0.3 is 19.7 Å². The number of carbonyl (C=O) groups excluding carboxylic acids is 2. The van der Waals surface area contributed by atoms with Gasteiger partial charge in [-0.3, -0.25) is 9.59 Å². The maximum atomic E-state index is 13.2. The number of nitrogens with one attached hydrogen (secondary N) is 1. The number of methoxy groups -OCH3 is 1. The molecule has 1 N–H and O–H groups in total. The van der Waals surface area contributed by atoms with E-state index in [0.717, 1.165) is 48.3 Å². The first-order valence-corrected chi connectivity index (χ1v) is 11.9. The van der Waals surface area contributed by atoms with Crippen LogP contribution in [0.1, 0.15) is 56.6 Å². The van der Waals surface area contributed by atoms with E-state index in [1.807, 2.05) is 56.3 Å². The molecule has 1 aliphatic rings. The fraction of sp³-hybridized carbons (Fsp3) is 0.481. The lowest BCUT2D eigenvalue weighted by molar-refractivity contribution is -0.141. The molecule has 1 aliphatic carbocycles. The highest BCUT2D eigenvalue weighted by molar-refractivity contribution is 5.87. The molecule has 6 heteroatoms. The lowest BCUT2D eigenvalue weighted by Crippen LogP contribution is -2.49. The van der Waals surface area contributed by atoms with Crippen LogP contribution in [-0.4, -0.2) is 42.5 Å². The Morgan fingerprint density at radius 2 is 1.79 bits per heavy atom.